The van der Waals surface area contributed by atoms with E-state index in [1.807, 2.05) is 54.6 Å². The Morgan fingerprint density at radius 2 is 1.55 bits per heavy atom. The molecule has 22 heavy (non-hydrogen) atoms. The summed E-state index contributed by atoms with van der Waals surface area (Å²) >= 11 is 0. The summed E-state index contributed by atoms with van der Waals surface area (Å²) in [6.45, 7) is 1.82. The van der Waals surface area contributed by atoms with E-state index in [4.69, 9.17) is 14.2 Å². The Balaban J connectivity index is 1.28. The Kier molecular flexibility index (Phi) is 5.24. The summed E-state index contributed by atoms with van der Waals surface area (Å²) < 4.78 is 16.7. The minimum atomic E-state index is 0.149. The second-order valence-corrected chi connectivity index (χ2v) is 5.26. The number of benzene rings is 2. The molecule has 3 rings (SSSR count). The molecule has 0 aromatic heterocycles. The molecule has 1 heterocycles. The fraction of sp³-hybridized carbons (Fsp3) is 0.263. The maximum absolute atomic E-state index is 5.65. The van der Waals surface area contributed by atoms with Crippen LogP contribution >= 0.6 is 0 Å². The summed E-state index contributed by atoms with van der Waals surface area (Å²) in [6.07, 6.45) is 3.98. The SMILES string of the molecule is C(=C\c1ccccc1)/OC[C@H]1O[C@@H]1COCc1ccccc1. The third-order valence-electron chi connectivity index (χ3n) is 3.50. The quantitative estimate of drug-likeness (QED) is 0.550. The van der Waals surface area contributed by atoms with Crippen molar-refractivity contribution in [3.8, 4) is 0 Å². The number of rotatable bonds is 8. The van der Waals surface area contributed by atoms with Crippen molar-refractivity contribution >= 4 is 6.08 Å². The van der Waals surface area contributed by atoms with Crippen molar-refractivity contribution < 1.29 is 14.2 Å². The lowest BCUT2D eigenvalue weighted by Gasteiger charge is -2.02. The van der Waals surface area contributed by atoms with E-state index < -0.39 is 0 Å². The van der Waals surface area contributed by atoms with E-state index in [2.05, 4.69) is 12.1 Å². The van der Waals surface area contributed by atoms with Crippen LogP contribution in [0.1, 0.15) is 11.1 Å². The van der Waals surface area contributed by atoms with Crippen LogP contribution in [0.25, 0.3) is 6.08 Å². The van der Waals surface area contributed by atoms with Crippen molar-refractivity contribution in [1.82, 2.24) is 0 Å². The maximum Gasteiger partial charge on any atom is 0.120 e. The minimum absolute atomic E-state index is 0.149. The van der Waals surface area contributed by atoms with Gasteiger partial charge in [-0.3, -0.25) is 0 Å². The van der Waals surface area contributed by atoms with Crippen LogP contribution in [0.2, 0.25) is 0 Å². The lowest BCUT2D eigenvalue weighted by Crippen LogP contribution is -2.08. The maximum atomic E-state index is 5.65. The Hall–Kier alpha value is -2.10. The molecule has 114 valence electrons. The van der Waals surface area contributed by atoms with Gasteiger partial charge in [0.1, 0.15) is 18.8 Å². The van der Waals surface area contributed by atoms with Crippen molar-refractivity contribution in [2.75, 3.05) is 13.2 Å². The number of hydrogen-bond donors (Lipinski definition) is 0. The van der Waals surface area contributed by atoms with Crippen LogP contribution < -0.4 is 0 Å². The van der Waals surface area contributed by atoms with Crippen LogP contribution in [0.15, 0.2) is 66.9 Å². The third kappa shape index (κ3) is 4.72. The van der Waals surface area contributed by atoms with Crippen LogP contribution in [-0.4, -0.2) is 25.4 Å². The molecule has 0 N–H and O–H groups in total. The average Bonchev–Trinajstić information content (AvgIpc) is 3.32. The Bertz CT molecular complexity index is 580. The molecule has 0 saturated carbocycles. The molecule has 3 nitrogen and oxygen atoms in total. The first-order valence-corrected chi connectivity index (χ1v) is 7.52. The van der Waals surface area contributed by atoms with Gasteiger partial charge in [0.2, 0.25) is 0 Å². The first-order valence-electron chi connectivity index (χ1n) is 7.52. The van der Waals surface area contributed by atoms with Crippen molar-refractivity contribution in [2.24, 2.45) is 0 Å². The molecule has 0 bridgehead atoms. The molecule has 1 saturated heterocycles. The smallest absolute Gasteiger partial charge is 0.120 e. The minimum Gasteiger partial charge on any atom is -0.498 e. The van der Waals surface area contributed by atoms with Crippen LogP contribution in [-0.2, 0) is 20.8 Å². The van der Waals surface area contributed by atoms with Gasteiger partial charge in [-0.05, 0) is 17.2 Å². The fourth-order valence-electron chi connectivity index (χ4n) is 2.18. The molecule has 1 aliphatic rings. The van der Waals surface area contributed by atoms with E-state index in [0.29, 0.717) is 19.8 Å². The molecule has 0 spiro atoms. The van der Waals surface area contributed by atoms with Crippen molar-refractivity contribution in [3.63, 3.8) is 0 Å². The predicted octanol–water partition coefficient (Wildman–Crippen LogP) is 3.66. The third-order valence-corrected chi connectivity index (χ3v) is 3.50. The highest BCUT2D eigenvalue weighted by Crippen LogP contribution is 2.23. The lowest BCUT2D eigenvalue weighted by atomic mass is 10.2. The van der Waals surface area contributed by atoms with Crippen molar-refractivity contribution in [3.05, 3.63) is 78.1 Å². The largest absolute Gasteiger partial charge is 0.498 e. The molecule has 2 atom stereocenters. The highest BCUT2D eigenvalue weighted by atomic mass is 16.6. The Morgan fingerprint density at radius 3 is 2.32 bits per heavy atom. The fourth-order valence-corrected chi connectivity index (χ4v) is 2.18. The molecule has 1 aliphatic heterocycles. The van der Waals surface area contributed by atoms with Gasteiger partial charge in [0.15, 0.2) is 0 Å². The zero-order chi connectivity index (χ0) is 15.0. The zero-order valence-corrected chi connectivity index (χ0v) is 12.4. The van der Waals surface area contributed by atoms with E-state index >= 15 is 0 Å². The Morgan fingerprint density at radius 1 is 0.864 bits per heavy atom. The van der Waals surface area contributed by atoms with Crippen LogP contribution in [0.5, 0.6) is 0 Å². The van der Waals surface area contributed by atoms with Gasteiger partial charge in [-0.25, -0.2) is 0 Å². The summed E-state index contributed by atoms with van der Waals surface area (Å²) in [6, 6.07) is 20.2. The summed E-state index contributed by atoms with van der Waals surface area (Å²) in [5, 5.41) is 0. The van der Waals surface area contributed by atoms with Gasteiger partial charge in [-0.15, -0.1) is 0 Å². The van der Waals surface area contributed by atoms with E-state index in [0.717, 1.165) is 5.56 Å². The molecule has 0 amide bonds. The van der Waals surface area contributed by atoms with Gasteiger partial charge < -0.3 is 14.2 Å². The van der Waals surface area contributed by atoms with Gasteiger partial charge >= 0.3 is 0 Å². The van der Waals surface area contributed by atoms with Crippen LogP contribution in [0, 0.1) is 0 Å². The van der Waals surface area contributed by atoms with Gasteiger partial charge in [0.05, 0.1) is 19.5 Å². The monoisotopic (exact) mass is 296 g/mol. The molecular formula is C19H20O3. The molecule has 2 aromatic carbocycles. The lowest BCUT2D eigenvalue weighted by molar-refractivity contribution is 0.104. The van der Waals surface area contributed by atoms with Gasteiger partial charge in [0.25, 0.3) is 0 Å². The van der Waals surface area contributed by atoms with Crippen molar-refractivity contribution in [1.29, 1.82) is 0 Å². The van der Waals surface area contributed by atoms with Crippen molar-refractivity contribution in [2.45, 2.75) is 18.8 Å². The Labute approximate surface area is 131 Å². The second kappa shape index (κ2) is 7.78. The molecule has 3 heteroatoms. The summed E-state index contributed by atoms with van der Waals surface area (Å²) in [5.41, 5.74) is 2.31. The predicted molar refractivity (Wildman–Crippen MR) is 86.2 cm³/mol. The molecule has 0 radical (unpaired) electrons. The topological polar surface area (TPSA) is 31.0 Å². The number of ether oxygens (including phenoxy) is 3. The molecule has 1 fully saturated rings. The van der Waals surface area contributed by atoms with E-state index in [9.17, 15) is 0 Å². The van der Waals surface area contributed by atoms with Crippen LogP contribution in [0.4, 0.5) is 0 Å². The van der Waals surface area contributed by atoms with Gasteiger partial charge in [0, 0.05) is 0 Å². The summed E-state index contributed by atoms with van der Waals surface area (Å²) in [4.78, 5) is 0. The summed E-state index contributed by atoms with van der Waals surface area (Å²) in [7, 11) is 0. The molecule has 0 unspecified atom stereocenters. The normalized spacial score (nSPS) is 20.2. The number of epoxide rings is 1. The first kappa shape index (κ1) is 14.8. The summed E-state index contributed by atoms with van der Waals surface area (Å²) in [5.74, 6) is 0. The number of hydrogen-bond acceptors (Lipinski definition) is 3. The van der Waals surface area contributed by atoms with Crippen LogP contribution in [0.3, 0.4) is 0 Å². The second-order valence-electron chi connectivity index (χ2n) is 5.26. The zero-order valence-electron chi connectivity index (χ0n) is 12.4. The molecule has 0 aliphatic carbocycles. The van der Waals surface area contributed by atoms with E-state index in [1.54, 1.807) is 6.26 Å². The highest BCUT2D eigenvalue weighted by Gasteiger charge is 2.39. The van der Waals surface area contributed by atoms with Gasteiger partial charge in [-0.1, -0.05) is 60.7 Å². The first-order chi connectivity index (χ1) is 10.9. The highest BCUT2D eigenvalue weighted by molar-refractivity contribution is 5.47. The average molecular weight is 296 g/mol. The standard InChI is InChI=1S/C19H20O3/c1-3-7-16(8-4-1)11-12-20-14-18-19(22-18)15-21-13-17-9-5-2-6-10-17/h1-12,18-19H,13-15H2/b12-11+/t18-,19-/m1/s1. The molecular weight excluding hydrogens is 276 g/mol. The van der Waals surface area contributed by atoms with Gasteiger partial charge in [-0.2, -0.15) is 0 Å². The van der Waals surface area contributed by atoms with E-state index in [1.165, 1.54) is 5.56 Å². The molecule has 2 aromatic rings. The van der Waals surface area contributed by atoms with E-state index in [-0.39, 0.29) is 12.2 Å².